The van der Waals surface area contributed by atoms with E-state index < -0.39 is 0 Å². The molecule has 2 heterocycles. The monoisotopic (exact) mass is 436 g/mol. The molecule has 6 rings (SSSR count). The van der Waals surface area contributed by atoms with Gasteiger partial charge in [-0.3, -0.25) is 0 Å². The summed E-state index contributed by atoms with van der Waals surface area (Å²) < 4.78 is 5.69. The van der Waals surface area contributed by atoms with Crippen molar-refractivity contribution in [2.24, 2.45) is 0 Å². The summed E-state index contributed by atoms with van der Waals surface area (Å²) in [5.41, 5.74) is 4.82. The lowest BCUT2D eigenvalue weighted by atomic mass is 10.0. The minimum absolute atomic E-state index is 1.09. The highest BCUT2D eigenvalue weighted by atomic mass is 79.9. The van der Waals surface area contributed by atoms with E-state index in [1.807, 2.05) is 0 Å². The van der Waals surface area contributed by atoms with Crippen molar-refractivity contribution in [1.82, 2.24) is 9.13 Å². The van der Waals surface area contributed by atoms with Crippen LogP contribution < -0.4 is 0 Å². The minimum Gasteiger partial charge on any atom is -0.316 e. The molecule has 3 heteroatoms. The third kappa shape index (κ3) is 2.48. The lowest BCUT2D eigenvalue weighted by Gasteiger charge is -2.12. The number of nitrogens with zero attached hydrogens (tertiary/aromatic N) is 2. The Morgan fingerprint density at radius 3 is 1.59 bits per heavy atom. The number of para-hydroxylation sites is 2. The number of hydrogen-bond acceptors (Lipinski definition) is 0. The average molecular weight is 437 g/mol. The van der Waals surface area contributed by atoms with Crippen molar-refractivity contribution in [1.29, 1.82) is 0 Å². The molecule has 0 saturated heterocycles. The summed E-state index contributed by atoms with van der Waals surface area (Å²) in [5.74, 6) is 0. The smallest absolute Gasteiger partial charge is 0.0628 e. The standard InChI is InChI=1S/C26H17BrN2/c27-18-11-12-21-24(17-18)22-13-15-28(19-7-3-1-4-8-19)26(22)23-14-16-29(25(21)23)20-9-5-2-6-10-20/h1-17H. The van der Waals surface area contributed by atoms with Crippen LogP contribution in [0.1, 0.15) is 0 Å². The number of aromatic nitrogens is 2. The number of hydrogen-bond donors (Lipinski definition) is 0. The van der Waals surface area contributed by atoms with Gasteiger partial charge in [0.2, 0.25) is 0 Å². The van der Waals surface area contributed by atoms with Gasteiger partial charge in [0.05, 0.1) is 11.0 Å². The molecule has 6 aromatic rings. The van der Waals surface area contributed by atoms with Gasteiger partial charge in [-0.1, -0.05) is 58.4 Å². The molecule has 0 radical (unpaired) electrons. The van der Waals surface area contributed by atoms with Gasteiger partial charge < -0.3 is 9.13 Å². The van der Waals surface area contributed by atoms with E-state index >= 15 is 0 Å². The van der Waals surface area contributed by atoms with Gasteiger partial charge in [0.1, 0.15) is 0 Å². The van der Waals surface area contributed by atoms with Gasteiger partial charge in [0.15, 0.2) is 0 Å². The molecule has 29 heavy (non-hydrogen) atoms. The second-order valence-electron chi connectivity index (χ2n) is 7.26. The molecular formula is C26H17BrN2. The van der Waals surface area contributed by atoms with Gasteiger partial charge in [-0.15, -0.1) is 0 Å². The van der Waals surface area contributed by atoms with E-state index in [0.717, 1.165) is 4.47 Å². The summed E-state index contributed by atoms with van der Waals surface area (Å²) in [4.78, 5) is 0. The zero-order valence-corrected chi connectivity index (χ0v) is 17.2. The summed E-state index contributed by atoms with van der Waals surface area (Å²) in [7, 11) is 0. The largest absolute Gasteiger partial charge is 0.316 e. The van der Waals surface area contributed by atoms with Crippen LogP contribution in [0.3, 0.4) is 0 Å². The van der Waals surface area contributed by atoms with E-state index in [9.17, 15) is 0 Å². The molecule has 4 aromatic carbocycles. The molecule has 0 N–H and O–H groups in total. The van der Waals surface area contributed by atoms with Crippen LogP contribution in [0.15, 0.2) is 108 Å². The van der Waals surface area contributed by atoms with Crippen LogP contribution in [-0.4, -0.2) is 9.13 Å². The lowest BCUT2D eigenvalue weighted by Crippen LogP contribution is -1.95. The molecule has 0 bridgehead atoms. The first-order valence-corrected chi connectivity index (χ1v) is 10.4. The van der Waals surface area contributed by atoms with E-state index in [1.165, 1.54) is 44.0 Å². The van der Waals surface area contributed by atoms with Gasteiger partial charge in [-0.25, -0.2) is 0 Å². The van der Waals surface area contributed by atoms with Crippen LogP contribution in [0.4, 0.5) is 0 Å². The molecule has 0 aliphatic rings. The maximum Gasteiger partial charge on any atom is 0.0628 e. The van der Waals surface area contributed by atoms with Crippen molar-refractivity contribution in [3.8, 4) is 11.4 Å². The highest BCUT2D eigenvalue weighted by Crippen LogP contribution is 2.39. The summed E-state index contributed by atoms with van der Waals surface area (Å²) >= 11 is 3.67. The Morgan fingerprint density at radius 1 is 0.483 bits per heavy atom. The Kier molecular flexibility index (Phi) is 3.65. The number of rotatable bonds is 2. The Balaban J connectivity index is 1.83. The molecule has 0 atom stereocenters. The van der Waals surface area contributed by atoms with E-state index in [2.05, 4.69) is 128 Å². The quantitative estimate of drug-likeness (QED) is 0.266. The highest BCUT2D eigenvalue weighted by Gasteiger charge is 2.16. The summed E-state index contributed by atoms with van der Waals surface area (Å²) in [6.45, 7) is 0. The topological polar surface area (TPSA) is 9.86 Å². The molecule has 138 valence electrons. The SMILES string of the molecule is Brc1ccc2c(c1)c1ccn(-c3ccccc3)c1c1ccn(-c3ccccc3)c21. The Morgan fingerprint density at radius 2 is 1.00 bits per heavy atom. The van der Waals surface area contributed by atoms with Crippen LogP contribution in [0.5, 0.6) is 0 Å². The maximum absolute atomic E-state index is 3.67. The predicted molar refractivity (Wildman–Crippen MR) is 125 cm³/mol. The number of halogens is 1. The van der Waals surface area contributed by atoms with Crippen molar-refractivity contribution < 1.29 is 0 Å². The highest BCUT2D eigenvalue weighted by molar-refractivity contribution is 9.10. The van der Waals surface area contributed by atoms with Gasteiger partial charge in [-0.2, -0.15) is 0 Å². The first-order valence-electron chi connectivity index (χ1n) is 9.65. The van der Waals surface area contributed by atoms with Gasteiger partial charge in [0, 0.05) is 44.4 Å². The second kappa shape index (κ2) is 6.36. The minimum atomic E-state index is 1.09. The number of benzene rings is 4. The molecular weight excluding hydrogens is 420 g/mol. The van der Waals surface area contributed by atoms with Crippen LogP contribution in [0.2, 0.25) is 0 Å². The third-order valence-corrected chi connectivity index (χ3v) is 6.12. The van der Waals surface area contributed by atoms with Crippen molar-refractivity contribution >= 4 is 48.5 Å². The third-order valence-electron chi connectivity index (χ3n) is 5.62. The van der Waals surface area contributed by atoms with Crippen molar-refractivity contribution in [2.75, 3.05) is 0 Å². The normalized spacial score (nSPS) is 11.6. The van der Waals surface area contributed by atoms with Crippen molar-refractivity contribution in [3.05, 3.63) is 108 Å². The summed E-state index contributed by atoms with van der Waals surface area (Å²) in [6.07, 6.45) is 4.36. The second-order valence-corrected chi connectivity index (χ2v) is 8.17. The zero-order chi connectivity index (χ0) is 19.4. The van der Waals surface area contributed by atoms with Crippen LogP contribution in [-0.2, 0) is 0 Å². The van der Waals surface area contributed by atoms with Crippen molar-refractivity contribution in [3.63, 3.8) is 0 Å². The molecule has 0 amide bonds. The summed E-state index contributed by atoms with van der Waals surface area (Å²) in [6, 6.07) is 32.2. The fraction of sp³-hybridized carbons (Fsp3) is 0. The predicted octanol–water partition coefficient (Wildman–Crippen LogP) is 7.49. The summed E-state index contributed by atoms with van der Waals surface area (Å²) in [5, 5.41) is 5.04. The van der Waals surface area contributed by atoms with E-state index in [4.69, 9.17) is 0 Å². The van der Waals surface area contributed by atoms with Crippen molar-refractivity contribution in [2.45, 2.75) is 0 Å². The molecule has 0 aliphatic carbocycles. The fourth-order valence-electron chi connectivity index (χ4n) is 4.38. The van der Waals surface area contributed by atoms with Gasteiger partial charge in [0.25, 0.3) is 0 Å². The van der Waals surface area contributed by atoms with Crippen LogP contribution in [0.25, 0.3) is 44.0 Å². The van der Waals surface area contributed by atoms with Gasteiger partial charge in [-0.05, 0) is 53.9 Å². The van der Waals surface area contributed by atoms with Gasteiger partial charge >= 0.3 is 0 Å². The first kappa shape index (κ1) is 16.6. The Labute approximate surface area is 176 Å². The molecule has 2 aromatic heterocycles. The lowest BCUT2D eigenvalue weighted by molar-refractivity contribution is 1.13. The Bertz CT molecular complexity index is 1490. The molecule has 0 unspecified atom stereocenters. The maximum atomic E-state index is 3.67. The van der Waals surface area contributed by atoms with E-state index in [0.29, 0.717) is 0 Å². The molecule has 0 saturated carbocycles. The first-order chi connectivity index (χ1) is 14.3. The van der Waals surface area contributed by atoms with Crippen LogP contribution in [0, 0.1) is 0 Å². The van der Waals surface area contributed by atoms with E-state index in [-0.39, 0.29) is 0 Å². The fourth-order valence-corrected chi connectivity index (χ4v) is 4.74. The molecule has 0 spiro atoms. The molecule has 0 aliphatic heterocycles. The number of fused-ring (bicyclic) bond motifs is 6. The zero-order valence-electron chi connectivity index (χ0n) is 15.6. The molecule has 0 fully saturated rings. The molecule has 2 nitrogen and oxygen atoms in total. The van der Waals surface area contributed by atoms with E-state index in [1.54, 1.807) is 0 Å². The van der Waals surface area contributed by atoms with Crippen LogP contribution >= 0.6 is 15.9 Å². The Hall–Kier alpha value is -3.30. The average Bonchev–Trinajstić information content (AvgIpc) is 3.40.